The predicted octanol–water partition coefficient (Wildman–Crippen LogP) is 2.79. The Balaban J connectivity index is 2.88. The molecule has 0 heterocycles. The van der Waals surface area contributed by atoms with Crippen LogP contribution in [0.15, 0.2) is 12.1 Å². The van der Waals surface area contributed by atoms with E-state index in [1.807, 2.05) is 6.92 Å². The first-order valence-corrected chi connectivity index (χ1v) is 6.51. The largest absolute Gasteiger partial charge is 0.496 e. The normalized spacial score (nSPS) is 10.4. The zero-order valence-electron chi connectivity index (χ0n) is 12.4. The van der Waals surface area contributed by atoms with Crippen LogP contribution in [0.4, 0.5) is 0 Å². The van der Waals surface area contributed by atoms with Gasteiger partial charge in [-0.25, -0.2) is 0 Å². The summed E-state index contributed by atoms with van der Waals surface area (Å²) >= 11 is 0. The molecule has 1 N–H and O–H groups in total. The minimum absolute atomic E-state index is 0.108. The second-order valence-corrected chi connectivity index (χ2v) is 4.91. The number of carbonyl (C=O) groups is 1. The fourth-order valence-electron chi connectivity index (χ4n) is 1.91. The van der Waals surface area contributed by atoms with Crippen LogP contribution in [0.2, 0.25) is 0 Å². The summed E-state index contributed by atoms with van der Waals surface area (Å²) in [6.45, 7) is 6.81. The third-order valence-electron chi connectivity index (χ3n) is 3.03. The van der Waals surface area contributed by atoms with Crippen molar-refractivity contribution < 1.29 is 14.3 Å². The van der Waals surface area contributed by atoms with Crippen molar-refractivity contribution in [2.75, 3.05) is 20.8 Å². The first-order valence-electron chi connectivity index (χ1n) is 6.51. The van der Waals surface area contributed by atoms with Crippen LogP contribution in [0.5, 0.6) is 11.5 Å². The Morgan fingerprint density at radius 3 is 2.47 bits per heavy atom. The average molecular weight is 265 g/mol. The average Bonchev–Trinajstić information content (AvgIpc) is 2.37. The molecule has 0 aliphatic heterocycles. The van der Waals surface area contributed by atoms with Crippen LogP contribution in [0.1, 0.15) is 36.2 Å². The summed E-state index contributed by atoms with van der Waals surface area (Å²) < 4.78 is 10.5. The molecule has 0 aliphatic carbocycles. The number of hydrogen-bond donors (Lipinski definition) is 1. The molecule has 0 spiro atoms. The first-order chi connectivity index (χ1) is 9.01. The molecule has 1 aromatic carbocycles. The zero-order valence-corrected chi connectivity index (χ0v) is 12.4. The fraction of sp³-hybridized carbons (Fsp3) is 0.533. The van der Waals surface area contributed by atoms with E-state index >= 15 is 0 Å². The van der Waals surface area contributed by atoms with Crippen molar-refractivity contribution in [1.29, 1.82) is 0 Å². The topological polar surface area (TPSA) is 47.6 Å². The molecule has 0 radical (unpaired) electrons. The maximum Gasteiger partial charge on any atom is 0.255 e. The van der Waals surface area contributed by atoms with Gasteiger partial charge in [0.15, 0.2) is 0 Å². The molecule has 0 atom stereocenters. The van der Waals surface area contributed by atoms with E-state index in [1.165, 1.54) is 0 Å². The second-order valence-electron chi connectivity index (χ2n) is 4.91. The predicted molar refractivity (Wildman–Crippen MR) is 76.1 cm³/mol. The van der Waals surface area contributed by atoms with Gasteiger partial charge in [-0.1, -0.05) is 13.8 Å². The minimum atomic E-state index is -0.108. The standard InChI is InChI=1S/C15H23NO3/c1-10(2)8-9-16-15(17)12-6-7-13(18-4)11(3)14(12)19-5/h6-7,10H,8-9H2,1-5H3,(H,16,17). The van der Waals surface area contributed by atoms with Gasteiger partial charge in [0.2, 0.25) is 0 Å². The van der Waals surface area contributed by atoms with E-state index in [0.717, 1.165) is 17.7 Å². The van der Waals surface area contributed by atoms with Gasteiger partial charge in [-0.15, -0.1) is 0 Å². The van der Waals surface area contributed by atoms with Crippen LogP contribution in [0.3, 0.4) is 0 Å². The fourth-order valence-corrected chi connectivity index (χ4v) is 1.91. The molecule has 1 aromatic rings. The Morgan fingerprint density at radius 1 is 1.26 bits per heavy atom. The van der Waals surface area contributed by atoms with Gasteiger partial charge in [0.25, 0.3) is 5.91 Å². The van der Waals surface area contributed by atoms with Crippen molar-refractivity contribution in [3.63, 3.8) is 0 Å². The molecule has 0 fully saturated rings. The molecule has 0 bridgehead atoms. The van der Waals surface area contributed by atoms with Gasteiger partial charge in [-0.3, -0.25) is 4.79 Å². The monoisotopic (exact) mass is 265 g/mol. The lowest BCUT2D eigenvalue weighted by Crippen LogP contribution is -2.26. The maximum absolute atomic E-state index is 12.1. The van der Waals surface area contributed by atoms with Crippen molar-refractivity contribution in [1.82, 2.24) is 5.32 Å². The third kappa shape index (κ3) is 3.88. The minimum Gasteiger partial charge on any atom is -0.496 e. The van der Waals surface area contributed by atoms with Gasteiger partial charge in [0.05, 0.1) is 19.8 Å². The summed E-state index contributed by atoms with van der Waals surface area (Å²) in [7, 11) is 3.16. The number of rotatable bonds is 6. The molecular weight excluding hydrogens is 242 g/mol. The number of hydrogen-bond acceptors (Lipinski definition) is 3. The Bertz CT molecular complexity index is 441. The Kier molecular flexibility index (Phi) is 5.67. The summed E-state index contributed by atoms with van der Waals surface area (Å²) in [4.78, 5) is 12.1. The number of nitrogens with one attached hydrogen (secondary N) is 1. The van der Waals surface area contributed by atoms with Crippen LogP contribution < -0.4 is 14.8 Å². The molecule has 0 saturated heterocycles. The van der Waals surface area contributed by atoms with E-state index < -0.39 is 0 Å². The number of benzene rings is 1. The summed E-state index contributed by atoms with van der Waals surface area (Å²) in [5, 5.41) is 2.91. The molecule has 0 unspecified atom stereocenters. The summed E-state index contributed by atoms with van der Waals surface area (Å²) in [6, 6.07) is 3.52. The molecular formula is C15H23NO3. The van der Waals surface area contributed by atoms with Crippen LogP contribution >= 0.6 is 0 Å². The summed E-state index contributed by atoms with van der Waals surface area (Å²) in [6.07, 6.45) is 0.962. The van der Waals surface area contributed by atoms with Crippen LogP contribution in [-0.4, -0.2) is 26.7 Å². The van der Waals surface area contributed by atoms with Crippen molar-refractivity contribution in [3.05, 3.63) is 23.3 Å². The Labute approximate surface area is 115 Å². The van der Waals surface area contributed by atoms with Gasteiger partial charge in [-0.2, -0.15) is 0 Å². The summed E-state index contributed by atoms with van der Waals surface area (Å²) in [5.74, 6) is 1.75. The number of methoxy groups -OCH3 is 2. The Hall–Kier alpha value is -1.71. The lowest BCUT2D eigenvalue weighted by atomic mass is 10.1. The first kappa shape index (κ1) is 15.3. The highest BCUT2D eigenvalue weighted by Crippen LogP contribution is 2.31. The SMILES string of the molecule is COc1ccc(C(=O)NCCC(C)C)c(OC)c1C. The smallest absolute Gasteiger partial charge is 0.255 e. The highest BCUT2D eigenvalue weighted by molar-refractivity contribution is 5.97. The van der Waals surface area contributed by atoms with Gasteiger partial charge in [0, 0.05) is 12.1 Å². The van der Waals surface area contributed by atoms with Crippen LogP contribution in [0, 0.1) is 12.8 Å². The highest BCUT2D eigenvalue weighted by atomic mass is 16.5. The van der Waals surface area contributed by atoms with Gasteiger partial charge < -0.3 is 14.8 Å². The lowest BCUT2D eigenvalue weighted by molar-refractivity contribution is 0.0948. The molecule has 4 heteroatoms. The molecule has 1 rings (SSSR count). The van der Waals surface area contributed by atoms with Gasteiger partial charge in [-0.05, 0) is 31.4 Å². The van der Waals surface area contributed by atoms with Crippen molar-refractivity contribution >= 4 is 5.91 Å². The molecule has 0 aromatic heterocycles. The van der Waals surface area contributed by atoms with Crippen molar-refractivity contribution in [2.45, 2.75) is 27.2 Å². The van der Waals surface area contributed by atoms with Gasteiger partial charge in [0.1, 0.15) is 11.5 Å². The van der Waals surface area contributed by atoms with Crippen molar-refractivity contribution in [3.8, 4) is 11.5 Å². The lowest BCUT2D eigenvalue weighted by Gasteiger charge is -2.14. The van der Waals surface area contributed by atoms with Crippen LogP contribution in [-0.2, 0) is 0 Å². The number of ether oxygens (including phenoxy) is 2. The van der Waals surface area contributed by atoms with E-state index in [1.54, 1.807) is 26.4 Å². The quantitative estimate of drug-likeness (QED) is 0.860. The van der Waals surface area contributed by atoms with E-state index in [-0.39, 0.29) is 5.91 Å². The van der Waals surface area contributed by atoms with E-state index in [4.69, 9.17) is 9.47 Å². The third-order valence-corrected chi connectivity index (χ3v) is 3.03. The van der Waals surface area contributed by atoms with Gasteiger partial charge >= 0.3 is 0 Å². The Morgan fingerprint density at radius 2 is 1.95 bits per heavy atom. The van der Waals surface area contributed by atoms with E-state index in [2.05, 4.69) is 19.2 Å². The van der Waals surface area contributed by atoms with Crippen LogP contribution in [0.25, 0.3) is 0 Å². The zero-order chi connectivity index (χ0) is 14.4. The van der Waals surface area contributed by atoms with E-state index in [0.29, 0.717) is 23.8 Å². The number of amides is 1. The van der Waals surface area contributed by atoms with Crippen molar-refractivity contribution in [2.24, 2.45) is 5.92 Å². The molecule has 1 amide bonds. The van der Waals surface area contributed by atoms with E-state index in [9.17, 15) is 4.79 Å². The maximum atomic E-state index is 12.1. The molecule has 0 aliphatic rings. The molecule has 0 saturated carbocycles. The molecule has 4 nitrogen and oxygen atoms in total. The summed E-state index contributed by atoms with van der Waals surface area (Å²) in [5.41, 5.74) is 1.38. The number of carbonyl (C=O) groups excluding carboxylic acids is 1. The molecule has 19 heavy (non-hydrogen) atoms. The molecule has 106 valence electrons. The highest BCUT2D eigenvalue weighted by Gasteiger charge is 2.16. The second kappa shape index (κ2) is 7.02.